The van der Waals surface area contributed by atoms with Crippen LogP contribution in [0.1, 0.15) is 55.5 Å². The number of nitrogens with zero attached hydrogens (tertiary/aromatic N) is 5. The Kier molecular flexibility index (Phi) is 6.14. The average Bonchev–Trinajstić information content (AvgIpc) is 3.24. The largest absolute Gasteiger partial charge is 0.299 e. The molecule has 7 nitrogen and oxygen atoms in total. The minimum atomic E-state index is -0.0586. The Hall–Kier alpha value is -1.80. The number of carbonyl (C=O) groups excluding carboxylic acids is 1. The first-order valence-electron chi connectivity index (χ1n) is 8.97. The molecule has 2 aromatic heterocycles. The topological polar surface area (TPSA) is 75.9 Å². The summed E-state index contributed by atoms with van der Waals surface area (Å²) in [6, 6.07) is 0. The zero-order valence-electron chi connectivity index (χ0n) is 14.9. The molecule has 0 saturated heterocycles. The first kappa shape index (κ1) is 18.0. The summed E-state index contributed by atoms with van der Waals surface area (Å²) in [5.41, 5.74) is 1.10. The number of aryl methyl sites for hydroxylation is 1. The fourth-order valence-electron chi connectivity index (χ4n) is 3.23. The van der Waals surface area contributed by atoms with Crippen LogP contribution in [0.25, 0.3) is 0 Å². The Morgan fingerprint density at radius 1 is 1.36 bits per heavy atom. The van der Waals surface area contributed by atoms with Crippen LogP contribution in [-0.4, -0.2) is 44.4 Å². The zero-order valence-corrected chi connectivity index (χ0v) is 15.8. The highest BCUT2D eigenvalue weighted by Gasteiger charge is 2.20. The molecule has 0 atom stereocenters. The molecule has 0 spiro atoms. The number of aromatic nitrogens is 4. The molecule has 1 amide bonds. The van der Waals surface area contributed by atoms with Crippen molar-refractivity contribution >= 4 is 22.4 Å². The zero-order chi connectivity index (χ0) is 17.6. The highest BCUT2D eigenvalue weighted by molar-refractivity contribution is 7.15. The van der Waals surface area contributed by atoms with E-state index >= 15 is 0 Å². The Labute approximate surface area is 152 Å². The maximum absolute atomic E-state index is 12.2. The summed E-state index contributed by atoms with van der Waals surface area (Å²) in [7, 11) is 1.93. The second-order valence-corrected chi connectivity index (χ2v) is 7.71. The van der Waals surface area contributed by atoms with E-state index in [1.54, 1.807) is 0 Å². The van der Waals surface area contributed by atoms with E-state index in [0.717, 1.165) is 17.1 Å². The lowest BCUT2D eigenvalue weighted by atomic mass is 9.90. The van der Waals surface area contributed by atoms with E-state index in [1.807, 2.05) is 29.0 Å². The van der Waals surface area contributed by atoms with Gasteiger partial charge in [0.25, 0.3) is 0 Å². The van der Waals surface area contributed by atoms with Crippen molar-refractivity contribution < 1.29 is 4.79 Å². The van der Waals surface area contributed by atoms with Crippen LogP contribution < -0.4 is 5.32 Å². The summed E-state index contributed by atoms with van der Waals surface area (Å²) in [6.45, 7) is 3.91. The number of rotatable bonds is 7. The van der Waals surface area contributed by atoms with Gasteiger partial charge in [0.05, 0.1) is 12.7 Å². The van der Waals surface area contributed by atoms with Crippen molar-refractivity contribution in [3.63, 3.8) is 0 Å². The van der Waals surface area contributed by atoms with Crippen molar-refractivity contribution in [3.05, 3.63) is 23.0 Å². The van der Waals surface area contributed by atoms with Gasteiger partial charge in [0, 0.05) is 30.8 Å². The summed E-state index contributed by atoms with van der Waals surface area (Å²) in [5.74, 6) is 0.464. The second-order valence-electron chi connectivity index (χ2n) is 6.71. The Morgan fingerprint density at radius 3 is 2.88 bits per heavy atom. The molecular formula is C17H26N6OS. The summed E-state index contributed by atoms with van der Waals surface area (Å²) >= 11 is 1.52. The molecule has 0 unspecified atom stereocenters. The van der Waals surface area contributed by atoms with Crippen LogP contribution in [0.15, 0.2) is 12.4 Å². The van der Waals surface area contributed by atoms with Gasteiger partial charge in [-0.3, -0.25) is 19.7 Å². The maximum Gasteiger partial charge on any atom is 0.240 e. The van der Waals surface area contributed by atoms with Gasteiger partial charge in [-0.2, -0.15) is 5.10 Å². The van der Waals surface area contributed by atoms with Crippen molar-refractivity contribution in [1.82, 2.24) is 24.9 Å². The average molecular weight is 363 g/mol. The predicted molar refractivity (Wildman–Crippen MR) is 98.6 cm³/mol. The maximum atomic E-state index is 12.2. The molecule has 0 bridgehead atoms. The normalized spacial score (nSPS) is 15.6. The Balaban J connectivity index is 1.47. The highest BCUT2D eigenvalue weighted by Crippen LogP contribution is 2.35. The van der Waals surface area contributed by atoms with Crippen LogP contribution in [0.2, 0.25) is 0 Å². The van der Waals surface area contributed by atoms with E-state index in [-0.39, 0.29) is 5.91 Å². The number of carbonyl (C=O) groups is 1. The molecule has 136 valence electrons. The van der Waals surface area contributed by atoms with E-state index in [4.69, 9.17) is 0 Å². The van der Waals surface area contributed by atoms with Crippen molar-refractivity contribution in [2.75, 3.05) is 18.9 Å². The van der Waals surface area contributed by atoms with Crippen molar-refractivity contribution in [2.24, 2.45) is 0 Å². The monoisotopic (exact) mass is 362 g/mol. The third kappa shape index (κ3) is 5.09. The van der Waals surface area contributed by atoms with Gasteiger partial charge in [0.1, 0.15) is 5.01 Å². The van der Waals surface area contributed by atoms with E-state index in [0.29, 0.717) is 24.1 Å². The standard InChI is InChI=1S/C17H26N6OS/c1-3-23-11-13(9-18-23)10-22(2)12-15(24)19-17-21-20-16(25-17)14-7-5-4-6-8-14/h9,11,14H,3-8,10,12H2,1-2H3,(H,19,21,24). The van der Waals surface area contributed by atoms with Gasteiger partial charge in [-0.05, 0) is 26.8 Å². The lowest BCUT2D eigenvalue weighted by Gasteiger charge is -2.18. The van der Waals surface area contributed by atoms with E-state index in [1.165, 1.54) is 43.4 Å². The van der Waals surface area contributed by atoms with Crippen LogP contribution in [-0.2, 0) is 17.9 Å². The van der Waals surface area contributed by atoms with Crippen LogP contribution in [0.4, 0.5) is 5.13 Å². The number of hydrogen-bond acceptors (Lipinski definition) is 6. The van der Waals surface area contributed by atoms with E-state index in [9.17, 15) is 4.79 Å². The summed E-state index contributed by atoms with van der Waals surface area (Å²) in [6.07, 6.45) is 10.1. The number of amides is 1. The van der Waals surface area contributed by atoms with Crippen LogP contribution in [0, 0.1) is 0 Å². The van der Waals surface area contributed by atoms with Gasteiger partial charge in [-0.25, -0.2) is 0 Å². The molecule has 0 radical (unpaired) electrons. The predicted octanol–water partition coefficient (Wildman–Crippen LogP) is 2.87. The molecule has 8 heteroatoms. The Morgan fingerprint density at radius 2 is 2.16 bits per heavy atom. The summed E-state index contributed by atoms with van der Waals surface area (Å²) < 4.78 is 1.89. The first-order chi connectivity index (χ1) is 12.1. The molecule has 1 aliphatic carbocycles. The minimum Gasteiger partial charge on any atom is -0.299 e. The number of nitrogens with one attached hydrogen (secondary N) is 1. The third-order valence-electron chi connectivity index (χ3n) is 4.52. The minimum absolute atomic E-state index is 0.0586. The quantitative estimate of drug-likeness (QED) is 0.820. The van der Waals surface area contributed by atoms with Gasteiger partial charge in [0.2, 0.25) is 11.0 Å². The summed E-state index contributed by atoms with van der Waals surface area (Å²) in [5, 5.41) is 17.2. The molecule has 3 rings (SSSR count). The molecule has 0 aliphatic heterocycles. The lowest BCUT2D eigenvalue weighted by molar-refractivity contribution is -0.117. The van der Waals surface area contributed by atoms with Gasteiger partial charge >= 0.3 is 0 Å². The number of hydrogen-bond donors (Lipinski definition) is 1. The molecule has 0 aromatic carbocycles. The van der Waals surface area contributed by atoms with Gasteiger partial charge < -0.3 is 0 Å². The van der Waals surface area contributed by atoms with Crippen LogP contribution >= 0.6 is 11.3 Å². The summed E-state index contributed by atoms with van der Waals surface area (Å²) in [4.78, 5) is 14.2. The molecule has 1 N–H and O–H groups in total. The third-order valence-corrected chi connectivity index (χ3v) is 5.52. The second kappa shape index (κ2) is 8.53. The van der Waals surface area contributed by atoms with Gasteiger partial charge in [-0.15, -0.1) is 10.2 Å². The van der Waals surface area contributed by atoms with Gasteiger partial charge in [0.15, 0.2) is 0 Å². The number of anilines is 1. The van der Waals surface area contributed by atoms with E-state index in [2.05, 4.69) is 27.5 Å². The SMILES string of the molecule is CCn1cc(CN(C)CC(=O)Nc2nnc(C3CCCCC3)s2)cn1. The molecule has 25 heavy (non-hydrogen) atoms. The highest BCUT2D eigenvalue weighted by atomic mass is 32.1. The van der Waals surface area contributed by atoms with Gasteiger partial charge in [-0.1, -0.05) is 30.6 Å². The molecule has 1 fully saturated rings. The van der Waals surface area contributed by atoms with Crippen molar-refractivity contribution in [2.45, 2.75) is 58.0 Å². The Bertz CT molecular complexity index is 691. The van der Waals surface area contributed by atoms with E-state index < -0.39 is 0 Å². The smallest absolute Gasteiger partial charge is 0.240 e. The molecular weight excluding hydrogens is 336 g/mol. The molecule has 1 saturated carbocycles. The van der Waals surface area contributed by atoms with Crippen molar-refractivity contribution in [3.8, 4) is 0 Å². The fraction of sp³-hybridized carbons (Fsp3) is 0.647. The molecule has 2 heterocycles. The van der Waals surface area contributed by atoms with Crippen molar-refractivity contribution in [1.29, 1.82) is 0 Å². The molecule has 1 aliphatic rings. The lowest BCUT2D eigenvalue weighted by Crippen LogP contribution is -2.29. The first-order valence-corrected chi connectivity index (χ1v) is 9.79. The number of likely N-dealkylation sites (N-methyl/N-ethyl adjacent to an activating group) is 1. The van der Waals surface area contributed by atoms with Crippen LogP contribution in [0.3, 0.4) is 0 Å². The fourth-order valence-corrected chi connectivity index (χ4v) is 4.16. The molecule has 2 aromatic rings. The van der Waals surface area contributed by atoms with Crippen LogP contribution in [0.5, 0.6) is 0 Å².